The number of hydrogen-bond donors (Lipinski definition) is 2. The van der Waals surface area contributed by atoms with Crippen LogP contribution in [0.15, 0.2) is 46.3 Å². The molecule has 102 valence electrons. The molecule has 1 heterocycles. The number of aromatic carboxylic acids is 1. The van der Waals surface area contributed by atoms with Crippen LogP contribution in [-0.4, -0.2) is 34.2 Å². The fraction of sp³-hybridized carbons (Fsp3) is 0.0769. The van der Waals surface area contributed by atoms with Crippen LogP contribution in [0, 0.1) is 0 Å². The van der Waals surface area contributed by atoms with Crippen molar-refractivity contribution in [1.82, 2.24) is 15.5 Å². The zero-order valence-corrected chi connectivity index (χ0v) is 11.3. The van der Waals surface area contributed by atoms with Crippen LogP contribution >= 0.6 is 11.8 Å². The molecular weight excluding hydrogens is 278 g/mol. The van der Waals surface area contributed by atoms with Crippen LogP contribution < -0.4 is 5.32 Å². The maximum atomic E-state index is 11.3. The Kier molecular flexibility index (Phi) is 4.31. The van der Waals surface area contributed by atoms with Crippen LogP contribution in [0.25, 0.3) is 0 Å². The van der Waals surface area contributed by atoms with Crippen molar-refractivity contribution in [2.75, 3.05) is 7.05 Å². The van der Waals surface area contributed by atoms with Gasteiger partial charge in [0.1, 0.15) is 5.03 Å². The van der Waals surface area contributed by atoms with Crippen molar-refractivity contribution in [3.63, 3.8) is 0 Å². The first kappa shape index (κ1) is 14.0. The number of carboxylic acids is 1. The first-order valence-corrected chi connectivity index (χ1v) is 6.49. The van der Waals surface area contributed by atoms with Gasteiger partial charge in [0.05, 0.1) is 5.56 Å². The molecule has 0 fully saturated rings. The van der Waals surface area contributed by atoms with Crippen molar-refractivity contribution in [2.24, 2.45) is 0 Å². The number of amides is 1. The standard InChI is InChI=1S/C13H11N3O3S/c1-14-12(17)10-5-6-11(16-15-10)20-9-4-2-3-8(7-9)13(18)19/h2-7H,1H3,(H,14,17)(H,18,19). The van der Waals surface area contributed by atoms with Gasteiger partial charge in [0.2, 0.25) is 0 Å². The van der Waals surface area contributed by atoms with Crippen molar-refractivity contribution in [3.05, 3.63) is 47.7 Å². The molecule has 0 atom stereocenters. The van der Waals surface area contributed by atoms with Gasteiger partial charge in [-0.05, 0) is 30.3 Å². The van der Waals surface area contributed by atoms with E-state index in [4.69, 9.17) is 5.11 Å². The zero-order chi connectivity index (χ0) is 14.5. The molecule has 0 bridgehead atoms. The quantitative estimate of drug-likeness (QED) is 0.889. The van der Waals surface area contributed by atoms with Gasteiger partial charge in [-0.25, -0.2) is 4.79 Å². The summed E-state index contributed by atoms with van der Waals surface area (Å²) in [4.78, 5) is 22.9. The van der Waals surface area contributed by atoms with E-state index in [1.54, 1.807) is 30.3 Å². The molecule has 1 amide bonds. The van der Waals surface area contributed by atoms with Gasteiger partial charge in [0, 0.05) is 11.9 Å². The van der Waals surface area contributed by atoms with Gasteiger partial charge < -0.3 is 10.4 Å². The predicted molar refractivity (Wildman–Crippen MR) is 72.9 cm³/mol. The molecule has 0 spiro atoms. The summed E-state index contributed by atoms with van der Waals surface area (Å²) in [6.07, 6.45) is 0. The lowest BCUT2D eigenvalue weighted by Crippen LogP contribution is -2.19. The highest BCUT2D eigenvalue weighted by Gasteiger charge is 2.08. The lowest BCUT2D eigenvalue weighted by atomic mass is 10.2. The van der Waals surface area contributed by atoms with Crippen molar-refractivity contribution in [2.45, 2.75) is 9.92 Å². The monoisotopic (exact) mass is 289 g/mol. The Balaban J connectivity index is 2.16. The zero-order valence-electron chi connectivity index (χ0n) is 10.5. The van der Waals surface area contributed by atoms with Gasteiger partial charge in [0.15, 0.2) is 5.69 Å². The minimum atomic E-state index is -0.978. The van der Waals surface area contributed by atoms with E-state index in [2.05, 4.69) is 15.5 Å². The number of carboxylic acid groups (broad SMARTS) is 1. The van der Waals surface area contributed by atoms with Gasteiger partial charge in [-0.1, -0.05) is 17.8 Å². The van der Waals surface area contributed by atoms with Gasteiger partial charge in [-0.2, -0.15) is 0 Å². The van der Waals surface area contributed by atoms with Crippen molar-refractivity contribution in [3.8, 4) is 0 Å². The Morgan fingerprint density at radius 1 is 1.20 bits per heavy atom. The molecule has 6 nitrogen and oxygen atoms in total. The van der Waals surface area contributed by atoms with Gasteiger partial charge in [-0.15, -0.1) is 10.2 Å². The molecule has 0 aliphatic heterocycles. The fourth-order valence-corrected chi connectivity index (χ4v) is 2.23. The van der Waals surface area contributed by atoms with E-state index in [0.29, 0.717) is 5.03 Å². The molecule has 1 aromatic carbocycles. The minimum Gasteiger partial charge on any atom is -0.478 e. The second-order valence-corrected chi connectivity index (χ2v) is 4.86. The van der Waals surface area contributed by atoms with E-state index in [1.807, 2.05) is 0 Å². The number of rotatable bonds is 4. The molecule has 0 saturated carbocycles. The molecule has 2 N–H and O–H groups in total. The largest absolute Gasteiger partial charge is 0.478 e. The van der Waals surface area contributed by atoms with E-state index >= 15 is 0 Å². The van der Waals surface area contributed by atoms with Gasteiger partial charge in [-0.3, -0.25) is 4.79 Å². The van der Waals surface area contributed by atoms with E-state index in [-0.39, 0.29) is 17.2 Å². The Labute approximate surface area is 119 Å². The number of nitrogens with zero attached hydrogens (tertiary/aromatic N) is 2. The van der Waals surface area contributed by atoms with Gasteiger partial charge in [0.25, 0.3) is 5.91 Å². The van der Waals surface area contributed by atoms with Crippen LogP contribution in [0.1, 0.15) is 20.8 Å². The van der Waals surface area contributed by atoms with E-state index in [1.165, 1.54) is 24.9 Å². The highest BCUT2D eigenvalue weighted by Crippen LogP contribution is 2.26. The van der Waals surface area contributed by atoms with Crippen LogP contribution in [-0.2, 0) is 0 Å². The van der Waals surface area contributed by atoms with Crippen LogP contribution in [0.2, 0.25) is 0 Å². The number of benzene rings is 1. The van der Waals surface area contributed by atoms with Gasteiger partial charge >= 0.3 is 5.97 Å². The Bertz CT molecular complexity index is 644. The molecule has 0 aliphatic rings. The maximum absolute atomic E-state index is 11.3. The summed E-state index contributed by atoms with van der Waals surface area (Å²) in [7, 11) is 1.52. The summed E-state index contributed by atoms with van der Waals surface area (Å²) >= 11 is 1.28. The normalized spacial score (nSPS) is 10.1. The number of carbonyl (C=O) groups is 2. The van der Waals surface area contributed by atoms with E-state index in [9.17, 15) is 9.59 Å². The first-order chi connectivity index (χ1) is 9.60. The summed E-state index contributed by atoms with van der Waals surface area (Å²) in [6.45, 7) is 0. The smallest absolute Gasteiger partial charge is 0.335 e. The highest BCUT2D eigenvalue weighted by atomic mass is 32.2. The molecule has 2 rings (SSSR count). The summed E-state index contributed by atoms with van der Waals surface area (Å²) in [5.41, 5.74) is 0.445. The third-order valence-electron chi connectivity index (χ3n) is 2.40. The number of aromatic nitrogens is 2. The average Bonchev–Trinajstić information content (AvgIpc) is 2.47. The molecular formula is C13H11N3O3S. The average molecular weight is 289 g/mol. The van der Waals surface area contributed by atoms with Crippen LogP contribution in [0.3, 0.4) is 0 Å². The van der Waals surface area contributed by atoms with E-state index in [0.717, 1.165) is 4.90 Å². The molecule has 0 radical (unpaired) electrons. The molecule has 0 aliphatic carbocycles. The summed E-state index contributed by atoms with van der Waals surface area (Å²) < 4.78 is 0. The Hall–Kier alpha value is -2.41. The third kappa shape index (κ3) is 3.33. The third-order valence-corrected chi connectivity index (χ3v) is 3.32. The van der Waals surface area contributed by atoms with Crippen LogP contribution in [0.5, 0.6) is 0 Å². The SMILES string of the molecule is CNC(=O)c1ccc(Sc2cccc(C(=O)O)c2)nn1. The number of hydrogen-bond acceptors (Lipinski definition) is 5. The lowest BCUT2D eigenvalue weighted by molar-refractivity contribution is 0.0696. The first-order valence-electron chi connectivity index (χ1n) is 5.67. The van der Waals surface area contributed by atoms with Crippen LogP contribution in [0.4, 0.5) is 0 Å². The summed E-state index contributed by atoms with van der Waals surface area (Å²) in [6, 6.07) is 9.75. The minimum absolute atomic E-state index is 0.213. The highest BCUT2D eigenvalue weighted by molar-refractivity contribution is 7.99. The van der Waals surface area contributed by atoms with Crippen molar-refractivity contribution >= 4 is 23.6 Å². The fourth-order valence-electron chi connectivity index (χ4n) is 1.44. The van der Waals surface area contributed by atoms with E-state index < -0.39 is 5.97 Å². The maximum Gasteiger partial charge on any atom is 0.335 e. The molecule has 0 unspecified atom stereocenters. The number of nitrogens with one attached hydrogen (secondary N) is 1. The molecule has 2 aromatic rings. The molecule has 20 heavy (non-hydrogen) atoms. The second-order valence-electron chi connectivity index (χ2n) is 3.77. The Morgan fingerprint density at radius 2 is 2.00 bits per heavy atom. The molecule has 1 aromatic heterocycles. The number of carbonyl (C=O) groups excluding carboxylic acids is 1. The second kappa shape index (κ2) is 6.16. The topological polar surface area (TPSA) is 92.2 Å². The summed E-state index contributed by atoms with van der Waals surface area (Å²) in [5.74, 6) is -1.28. The molecule has 0 saturated heterocycles. The van der Waals surface area contributed by atoms with Crippen molar-refractivity contribution < 1.29 is 14.7 Å². The van der Waals surface area contributed by atoms with Crippen molar-refractivity contribution in [1.29, 1.82) is 0 Å². The lowest BCUT2D eigenvalue weighted by Gasteiger charge is -2.02. The Morgan fingerprint density at radius 3 is 2.60 bits per heavy atom. The predicted octanol–water partition coefficient (Wildman–Crippen LogP) is 1.69. The molecule has 7 heteroatoms. The summed E-state index contributed by atoms with van der Waals surface area (Å²) in [5, 5.41) is 19.7.